The predicted molar refractivity (Wildman–Crippen MR) is 90.6 cm³/mol. The Morgan fingerprint density at radius 1 is 0.714 bits per heavy atom. The quantitative estimate of drug-likeness (QED) is 0.563. The van der Waals surface area contributed by atoms with Gasteiger partial charge in [-0.05, 0) is 30.3 Å². The number of nitrogens with one attached hydrogen (secondary N) is 2. The van der Waals surface area contributed by atoms with Crippen LogP contribution in [-0.4, -0.2) is 6.03 Å². The standard InChI is InChI=1S/C13H7Cl5N2O/c14-6-1-2-7(15)11(3-6)19-13(21)20-12-5-9(17)8(16)4-10(12)18/h1-5H,(H2,19,20,21). The molecule has 2 N–H and O–H groups in total. The van der Waals surface area contributed by atoms with Crippen molar-refractivity contribution in [1.82, 2.24) is 0 Å². The van der Waals surface area contributed by atoms with Gasteiger partial charge in [0.2, 0.25) is 0 Å². The lowest BCUT2D eigenvalue weighted by atomic mass is 10.3. The van der Waals surface area contributed by atoms with Crippen molar-refractivity contribution in [3.8, 4) is 0 Å². The van der Waals surface area contributed by atoms with Gasteiger partial charge < -0.3 is 10.6 Å². The summed E-state index contributed by atoms with van der Waals surface area (Å²) in [6.07, 6.45) is 0. The third-order valence-electron chi connectivity index (χ3n) is 2.43. The number of amides is 2. The van der Waals surface area contributed by atoms with Gasteiger partial charge in [0, 0.05) is 5.02 Å². The molecule has 0 aliphatic carbocycles. The van der Waals surface area contributed by atoms with Gasteiger partial charge in [-0.2, -0.15) is 0 Å². The Labute approximate surface area is 146 Å². The number of halogens is 5. The molecule has 110 valence electrons. The molecule has 0 bridgehead atoms. The summed E-state index contributed by atoms with van der Waals surface area (Å²) < 4.78 is 0. The Hall–Kier alpha value is -0.840. The molecule has 0 unspecified atom stereocenters. The molecule has 0 heterocycles. The van der Waals surface area contributed by atoms with Crippen molar-refractivity contribution < 1.29 is 4.79 Å². The van der Waals surface area contributed by atoms with Crippen LogP contribution >= 0.6 is 58.0 Å². The molecule has 0 fully saturated rings. The summed E-state index contributed by atoms with van der Waals surface area (Å²) in [6.45, 7) is 0. The van der Waals surface area contributed by atoms with Gasteiger partial charge in [0.05, 0.1) is 31.5 Å². The summed E-state index contributed by atoms with van der Waals surface area (Å²) in [5, 5.41) is 6.74. The van der Waals surface area contributed by atoms with Crippen LogP contribution in [0.3, 0.4) is 0 Å². The van der Waals surface area contributed by atoms with Gasteiger partial charge >= 0.3 is 6.03 Å². The van der Waals surface area contributed by atoms with Crippen molar-refractivity contribution in [3.63, 3.8) is 0 Å². The first kappa shape index (κ1) is 16.5. The molecule has 2 amide bonds. The normalized spacial score (nSPS) is 10.3. The molecular formula is C13H7Cl5N2O. The molecule has 21 heavy (non-hydrogen) atoms. The molecule has 0 radical (unpaired) electrons. The van der Waals surface area contributed by atoms with Crippen LogP contribution in [-0.2, 0) is 0 Å². The number of urea groups is 1. The van der Waals surface area contributed by atoms with Crippen LogP contribution in [0.5, 0.6) is 0 Å². The maximum absolute atomic E-state index is 11.9. The van der Waals surface area contributed by atoms with Crippen LogP contribution in [0.1, 0.15) is 0 Å². The third kappa shape index (κ3) is 4.31. The molecule has 0 spiro atoms. The van der Waals surface area contributed by atoms with Gasteiger partial charge in [-0.1, -0.05) is 58.0 Å². The van der Waals surface area contributed by atoms with Gasteiger partial charge in [0.15, 0.2) is 0 Å². The smallest absolute Gasteiger partial charge is 0.306 e. The van der Waals surface area contributed by atoms with Crippen LogP contribution in [0.25, 0.3) is 0 Å². The number of benzene rings is 2. The van der Waals surface area contributed by atoms with Crippen LogP contribution in [0.15, 0.2) is 30.3 Å². The lowest BCUT2D eigenvalue weighted by Crippen LogP contribution is -2.19. The summed E-state index contributed by atoms with van der Waals surface area (Å²) in [7, 11) is 0. The fourth-order valence-corrected chi connectivity index (χ4v) is 2.42. The van der Waals surface area contributed by atoms with E-state index in [-0.39, 0.29) is 10.0 Å². The Morgan fingerprint density at radius 3 is 1.95 bits per heavy atom. The van der Waals surface area contributed by atoms with Crippen molar-refractivity contribution in [1.29, 1.82) is 0 Å². The first-order chi connectivity index (χ1) is 9.86. The van der Waals surface area contributed by atoms with Crippen LogP contribution in [0.2, 0.25) is 25.1 Å². The zero-order valence-corrected chi connectivity index (χ0v) is 14.0. The molecule has 0 saturated carbocycles. The molecule has 0 aromatic heterocycles. The molecule has 2 aromatic rings. The van der Waals surface area contributed by atoms with Crippen LogP contribution in [0.4, 0.5) is 16.2 Å². The second kappa shape index (κ2) is 6.95. The minimum absolute atomic E-state index is 0.261. The molecule has 0 atom stereocenters. The lowest BCUT2D eigenvalue weighted by molar-refractivity contribution is 0.262. The van der Waals surface area contributed by atoms with Gasteiger partial charge in [0.25, 0.3) is 0 Å². The van der Waals surface area contributed by atoms with Gasteiger partial charge in [-0.25, -0.2) is 4.79 Å². The van der Waals surface area contributed by atoms with E-state index in [1.54, 1.807) is 12.1 Å². The highest BCUT2D eigenvalue weighted by Crippen LogP contribution is 2.32. The number of rotatable bonds is 2. The third-order valence-corrected chi connectivity index (χ3v) is 4.03. The van der Waals surface area contributed by atoms with E-state index in [2.05, 4.69) is 10.6 Å². The van der Waals surface area contributed by atoms with Crippen molar-refractivity contribution >= 4 is 75.4 Å². The largest absolute Gasteiger partial charge is 0.323 e. The molecule has 0 aliphatic heterocycles. The molecule has 0 saturated heterocycles. The second-order valence-electron chi connectivity index (χ2n) is 3.95. The molecule has 8 heteroatoms. The number of anilines is 2. The van der Waals surface area contributed by atoms with Gasteiger partial charge in [-0.3, -0.25) is 0 Å². The van der Waals surface area contributed by atoms with Crippen molar-refractivity contribution in [2.24, 2.45) is 0 Å². The molecular weight excluding hydrogens is 377 g/mol. The van der Waals surface area contributed by atoms with E-state index in [0.29, 0.717) is 26.4 Å². The van der Waals surface area contributed by atoms with Crippen LogP contribution in [0, 0.1) is 0 Å². The van der Waals surface area contributed by atoms with E-state index in [1.165, 1.54) is 18.2 Å². The number of carbonyl (C=O) groups is 1. The lowest BCUT2D eigenvalue weighted by Gasteiger charge is -2.11. The van der Waals surface area contributed by atoms with Gasteiger partial charge in [0.1, 0.15) is 0 Å². The van der Waals surface area contributed by atoms with E-state index in [0.717, 1.165) is 0 Å². The number of hydrogen-bond acceptors (Lipinski definition) is 1. The van der Waals surface area contributed by atoms with Crippen molar-refractivity contribution in [2.45, 2.75) is 0 Å². The zero-order chi connectivity index (χ0) is 15.6. The van der Waals surface area contributed by atoms with Gasteiger partial charge in [-0.15, -0.1) is 0 Å². The summed E-state index contributed by atoms with van der Waals surface area (Å²) >= 11 is 29.5. The molecule has 2 aromatic carbocycles. The highest BCUT2D eigenvalue weighted by atomic mass is 35.5. The highest BCUT2D eigenvalue weighted by Gasteiger charge is 2.11. The number of hydrogen-bond donors (Lipinski definition) is 2. The minimum Gasteiger partial charge on any atom is -0.306 e. The van der Waals surface area contributed by atoms with Crippen molar-refractivity contribution in [3.05, 3.63) is 55.4 Å². The second-order valence-corrected chi connectivity index (χ2v) is 6.01. The molecule has 0 aliphatic rings. The average molecular weight is 384 g/mol. The maximum atomic E-state index is 11.9. The summed E-state index contributed by atoms with van der Waals surface area (Å²) in [5.41, 5.74) is 0.694. The SMILES string of the molecule is O=C(Nc1cc(Cl)ccc1Cl)Nc1cc(Cl)c(Cl)cc1Cl. The fraction of sp³-hybridized carbons (Fsp3) is 0. The Balaban J connectivity index is 2.15. The topological polar surface area (TPSA) is 41.1 Å². The summed E-state index contributed by atoms with van der Waals surface area (Å²) in [6, 6.07) is 7.06. The van der Waals surface area contributed by atoms with E-state index in [4.69, 9.17) is 58.0 Å². The Bertz CT molecular complexity index is 705. The molecule has 3 nitrogen and oxygen atoms in total. The average Bonchev–Trinajstić information content (AvgIpc) is 2.40. The van der Waals surface area contributed by atoms with E-state index < -0.39 is 6.03 Å². The Kier molecular flexibility index (Phi) is 5.47. The fourth-order valence-electron chi connectivity index (χ4n) is 1.49. The molecule has 2 rings (SSSR count). The first-order valence-corrected chi connectivity index (χ1v) is 7.43. The monoisotopic (exact) mass is 382 g/mol. The number of carbonyl (C=O) groups excluding carboxylic acids is 1. The predicted octanol–water partition coefficient (Wildman–Crippen LogP) is 6.60. The van der Waals surface area contributed by atoms with E-state index >= 15 is 0 Å². The summed E-state index contributed by atoms with van der Waals surface area (Å²) in [5.74, 6) is 0. The first-order valence-electron chi connectivity index (χ1n) is 5.54. The zero-order valence-electron chi connectivity index (χ0n) is 10.2. The maximum Gasteiger partial charge on any atom is 0.323 e. The van der Waals surface area contributed by atoms with Crippen molar-refractivity contribution in [2.75, 3.05) is 10.6 Å². The van der Waals surface area contributed by atoms with E-state index in [9.17, 15) is 4.79 Å². The summed E-state index contributed by atoms with van der Waals surface area (Å²) in [4.78, 5) is 11.9. The highest BCUT2D eigenvalue weighted by molar-refractivity contribution is 6.44. The van der Waals surface area contributed by atoms with Crippen LogP contribution < -0.4 is 10.6 Å². The Morgan fingerprint density at radius 2 is 1.29 bits per heavy atom. The minimum atomic E-state index is -0.542. The van der Waals surface area contributed by atoms with E-state index in [1.807, 2.05) is 0 Å².